The zero-order valence-electron chi connectivity index (χ0n) is 13.1. The number of hydrogen-bond donors (Lipinski definition) is 1. The molecule has 2 nitrogen and oxygen atoms in total. The Kier molecular flexibility index (Phi) is 4.13. The van der Waals surface area contributed by atoms with Gasteiger partial charge in [-0.25, -0.2) is 0 Å². The van der Waals surface area contributed by atoms with Gasteiger partial charge in [-0.3, -0.25) is 0 Å². The summed E-state index contributed by atoms with van der Waals surface area (Å²) in [6.45, 7) is 4.56. The van der Waals surface area contributed by atoms with E-state index in [0.29, 0.717) is 6.04 Å². The zero-order valence-corrected chi connectivity index (χ0v) is 13.1. The maximum Gasteiger partial charge on any atom is 0.0111 e. The van der Waals surface area contributed by atoms with Crippen LogP contribution in [-0.4, -0.2) is 36.1 Å². The summed E-state index contributed by atoms with van der Waals surface area (Å²) in [6.07, 6.45) is 6.64. The summed E-state index contributed by atoms with van der Waals surface area (Å²) in [7, 11) is 2.31. The van der Waals surface area contributed by atoms with Crippen molar-refractivity contribution in [2.75, 3.05) is 7.05 Å². The minimum Gasteiger partial charge on any atom is -0.311 e. The van der Waals surface area contributed by atoms with E-state index < -0.39 is 0 Å². The topological polar surface area (TPSA) is 15.3 Å². The van der Waals surface area contributed by atoms with Crippen molar-refractivity contribution in [3.63, 3.8) is 0 Å². The summed E-state index contributed by atoms with van der Waals surface area (Å²) in [5.41, 5.74) is 2.91. The standard InChI is InChI=1S/C18H28N2/c1-13-6-4-5-7-15(13)10-14(2)19-16-11-17-8-9-18(12-16)20(17)3/h4-7,14,16-19H,8-12H2,1-3H3. The molecule has 110 valence electrons. The van der Waals surface area contributed by atoms with E-state index in [2.05, 4.69) is 55.4 Å². The molecule has 0 aliphatic carbocycles. The van der Waals surface area contributed by atoms with Gasteiger partial charge in [-0.1, -0.05) is 24.3 Å². The number of benzene rings is 1. The third-order valence-electron chi connectivity index (χ3n) is 5.41. The van der Waals surface area contributed by atoms with Crippen molar-refractivity contribution < 1.29 is 0 Å². The fourth-order valence-electron chi connectivity index (χ4n) is 4.18. The lowest BCUT2D eigenvalue weighted by molar-refractivity contribution is 0.144. The molecule has 0 radical (unpaired) electrons. The molecular formula is C18H28N2. The van der Waals surface area contributed by atoms with E-state index in [4.69, 9.17) is 0 Å². The van der Waals surface area contributed by atoms with Crippen LogP contribution in [0.1, 0.15) is 43.7 Å². The number of nitrogens with one attached hydrogen (secondary N) is 1. The number of aryl methyl sites for hydroxylation is 1. The van der Waals surface area contributed by atoms with Crippen LogP contribution < -0.4 is 5.32 Å². The van der Waals surface area contributed by atoms with Gasteiger partial charge in [0.2, 0.25) is 0 Å². The Bertz CT molecular complexity index is 442. The molecule has 0 saturated carbocycles. The first-order valence-electron chi connectivity index (χ1n) is 8.16. The van der Waals surface area contributed by atoms with Gasteiger partial charge in [0.25, 0.3) is 0 Å². The highest BCUT2D eigenvalue weighted by Gasteiger charge is 2.38. The average molecular weight is 272 g/mol. The normalized spacial score (nSPS) is 31.4. The van der Waals surface area contributed by atoms with Gasteiger partial charge in [0.15, 0.2) is 0 Å². The van der Waals surface area contributed by atoms with Gasteiger partial charge in [0.1, 0.15) is 0 Å². The summed E-state index contributed by atoms with van der Waals surface area (Å²) < 4.78 is 0. The summed E-state index contributed by atoms with van der Waals surface area (Å²) in [4.78, 5) is 2.62. The highest BCUT2D eigenvalue weighted by atomic mass is 15.2. The SMILES string of the molecule is Cc1ccccc1CC(C)NC1CC2CCC(C1)N2C. The van der Waals surface area contributed by atoms with Crippen LogP contribution in [-0.2, 0) is 6.42 Å². The maximum atomic E-state index is 3.89. The fraction of sp³-hybridized carbons (Fsp3) is 0.667. The number of hydrogen-bond acceptors (Lipinski definition) is 2. The van der Waals surface area contributed by atoms with E-state index >= 15 is 0 Å². The van der Waals surface area contributed by atoms with Crippen LogP contribution in [0, 0.1) is 6.92 Å². The van der Waals surface area contributed by atoms with E-state index in [1.54, 1.807) is 0 Å². The highest BCUT2D eigenvalue weighted by Crippen LogP contribution is 2.34. The molecule has 2 saturated heterocycles. The van der Waals surface area contributed by atoms with Gasteiger partial charge in [-0.05, 0) is 64.1 Å². The Labute approximate surface area is 123 Å². The molecule has 1 aromatic carbocycles. The van der Waals surface area contributed by atoms with E-state index in [1.807, 2.05) is 0 Å². The van der Waals surface area contributed by atoms with Crippen molar-refractivity contribution in [1.29, 1.82) is 0 Å². The zero-order chi connectivity index (χ0) is 14.1. The van der Waals surface area contributed by atoms with Crippen LogP contribution in [0.2, 0.25) is 0 Å². The van der Waals surface area contributed by atoms with Gasteiger partial charge < -0.3 is 10.2 Å². The molecule has 0 aromatic heterocycles. The molecule has 0 amide bonds. The molecule has 2 heterocycles. The van der Waals surface area contributed by atoms with E-state index in [9.17, 15) is 0 Å². The summed E-state index contributed by atoms with van der Waals surface area (Å²) >= 11 is 0. The second-order valence-corrected chi connectivity index (χ2v) is 6.92. The number of nitrogens with zero attached hydrogens (tertiary/aromatic N) is 1. The Hall–Kier alpha value is -0.860. The van der Waals surface area contributed by atoms with Crippen molar-refractivity contribution in [2.45, 2.75) is 70.1 Å². The number of rotatable bonds is 4. The van der Waals surface area contributed by atoms with Crippen LogP contribution in [0.15, 0.2) is 24.3 Å². The molecule has 2 heteroatoms. The van der Waals surface area contributed by atoms with E-state index in [0.717, 1.165) is 24.5 Å². The van der Waals surface area contributed by atoms with E-state index in [1.165, 1.54) is 36.8 Å². The Morgan fingerprint density at radius 3 is 2.50 bits per heavy atom. The average Bonchev–Trinajstić information content (AvgIpc) is 2.63. The molecule has 3 atom stereocenters. The highest BCUT2D eigenvalue weighted by molar-refractivity contribution is 5.26. The molecule has 2 aliphatic rings. The molecule has 2 aliphatic heterocycles. The maximum absolute atomic E-state index is 3.89. The van der Waals surface area contributed by atoms with Gasteiger partial charge >= 0.3 is 0 Å². The summed E-state index contributed by atoms with van der Waals surface area (Å²) in [6, 6.07) is 11.7. The second-order valence-electron chi connectivity index (χ2n) is 6.92. The third-order valence-corrected chi connectivity index (χ3v) is 5.41. The van der Waals surface area contributed by atoms with Crippen molar-refractivity contribution in [3.8, 4) is 0 Å². The molecule has 3 rings (SSSR count). The van der Waals surface area contributed by atoms with Gasteiger partial charge in [-0.2, -0.15) is 0 Å². The Morgan fingerprint density at radius 1 is 1.20 bits per heavy atom. The predicted molar refractivity (Wildman–Crippen MR) is 85.1 cm³/mol. The fourth-order valence-corrected chi connectivity index (χ4v) is 4.18. The molecule has 1 N–H and O–H groups in total. The summed E-state index contributed by atoms with van der Waals surface area (Å²) in [5.74, 6) is 0. The Morgan fingerprint density at radius 2 is 1.85 bits per heavy atom. The first kappa shape index (κ1) is 14.1. The first-order valence-corrected chi connectivity index (χ1v) is 8.16. The van der Waals surface area contributed by atoms with Crippen LogP contribution in [0.5, 0.6) is 0 Å². The molecule has 2 bridgehead atoms. The minimum absolute atomic E-state index is 0.573. The van der Waals surface area contributed by atoms with Gasteiger partial charge in [-0.15, -0.1) is 0 Å². The number of fused-ring (bicyclic) bond motifs is 2. The largest absolute Gasteiger partial charge is 0.311 e. The lowest BCUT2D eigenvalue weighted by atomic mass is 9.95. The van der Waals surface area contributed by atoms with Crippen molar-refractivity contribution in [3.05, 3.63) is 35.4 Å². The van der Waals surface area contributed by atoms with Crippen molar-refractivity contribution in [1.82, 2.24) is 10.2 Å². The molecule has 0 spiro atoms. The third kappa shape index (κ3) is 2.91. The minimum atomic E-state index is 0.573. The van der Waals surface area contributed by atoms with Gasteiger partial charge in [0, 0.05) is 24.2 Å². The monoisotopic (exact) mass is 272 g/mol. The van der Waals surface area contributed by atoms with Crippen molar-refractivity contribution in [2.24, 2.45) is 0 Å². The van der Waals surface area contributed by atoms with Crippen molar-refractivity contribution >= 4 is 0 Å². The quantitative estimate of drug-likeness (QED) is 0.906. The van der Waals surface area contributed by atoms with E-state index in [-0.39, 0.29) is 0 Å². The lowest BCUT2D eigenvalue weighted by Crippen LogP contribution is -2.49. The first-order chi connectivity index (χ1) is 9.63. The molecular weight excluding hydrogens is 244 g/mol. The van der Waals surface area contributed by atoms with Crippen LogP contribution in [0.3, 0.4) is 0 Å². The van der Waals surface area contributed by atoms with Gasteiger partial charge in [0.05, 0.1) is 0 Å². The molecule has 20 heavy (non-hydrogen) atoms. The second kappa shape index (κ2) is 5.87. The number of piperidine rings is 1. The summed E-state index contributed by atoms with van der Waals surface area (Å²) in [5, 5.41) is 3.89. The van der Waals surface area contributed by atoms with Crippen LogP contribution in [0.4, 0.5) is 0 Å². The van der Waals surface area contributed by atoms with Crippen LogP contribution >= 0.6 is 0 Å². The Balaban J connectivity index is 1.55. The predicted octanol–water partition coefficient (Wildman–Crippen LogP) is 3.14. The smallest absolute Gasteiger partial charge is 0.0111 e. The lowest BCUT2D eigenvalue weighted by Gasteiger charge is -2.38. The van der Waals surface area contributed by atoms with Crippen LogP contribution in [0.25, 0.3) is 0 Å². The molecule has 1 aromatic rings. The molecule has 3 unspecified atom stereocenters. The molecule has 2 fully saturated rings.